The third-order valence-electron chi connectivity index (χ3n) is 2.92. The lowest BCUT2D eigenvalue weighted by molar-refractivity contribution is 1.12. The van der Waals surface area contributed by atoms with E-state index in [1.54, 1.807) is 23.6 Å². The zero-order valence-corrected chi connectivity index (χ0v) is 10.8. The van der Waals surface area contributed by atoms with Gasteiger partial charge in [-0.1, -0.05) is 0 Å². The monoisotopic (exact) mass is 254 g/mol. The van der Waals surface area contributed by atoms with Crippen LogP contribution in [-0.4, -0.2) is 14.6 Å². The average molecular weight is 254 g/mol. The smallest absolute Gasteiger partial charge is 0.178 e. The summed E-state index contributed by atoms with van der Waals surface area (Å²) in [5, 5.41) is 17.3. The fourth-order valence-corrected chi connectivity index (χ4v) is 2.82. The van der Waals surface area contributed by atoms with Gasteiger partial charge in [0.25, 0.3) is 0 Å². The van der Waals surface area contributed by atoms with Crippen LogP contribution < -0.4 is 0 Å². The molecule has 4 nitrogen and oxygen atoms in total. The standard InChI is InChI=1S/C13H10N4S/c1-8-5-11(18-9(8)2)13-16-15-12-4-3-10(6-14)7-17(12)13/h3-5,7H,1-2H3. The molecule has 0 saturated carbocycles. The summed E-state index contributed by atoms with van der Waals surface area (Å²) in [6.07, 6.45) is 1.77. The van der Waals surface area contributed by atoms with Gasteiger partial charge in [-0.25, -0.2) is 0 Å². The predicted octanol–water partition coefficient (Wildman–Crippen LogP) is 2.95. The molecule has 18 heavy (non-hydrogen) atoms. The van der Waals surface area contributed by atoms with Crippen molar-refractivity contribution in [3.8, 4) is 16.8 Å². The number of fused-ring (bicyclic) bond motifs is 1. The zero-order valence-electron chi connectivity index (χ0n) is 10.0. The molecule has 0 aliphatic rings. The van der Waals surface area contributed by atoms with Crippen LogP contribution in [-0.2, 0) is 0 Å². The van der Waals surface area contributed by atoms with Crippen molar-refractivity contribution in [2.45, 2.75) is 13.8 Å². The molecular weight excluding hydrogens is 244 g/mol. The number of nitrogens with zero attached hydrogens (tertiary/aromatic N) is 4. The maximum Gasteiger partial charge on any atom is 0.178 e. The van der Waals surface area contributed by atoms with Crippen LogP contribution in [0.25, 0.3) is 16.3 Å². The van der Waals surface area contributed by atoms with Gasteiger partial charge in [0.15, 0.2) is 11.5 Å². The molecule has 0 aromatic carbocycles. The van der Waals surface area contributed by atoms with Crippen LogP contribution in [0.1, 0.15) is 16.0 Å². The third kappa shape index (κ3) is 1.59. The SMILES string of the molecule is Cc1cc(-c2nnc3ccc(C#N)cn23)sc1C. The van der Waals surface area contributed by atoms with E-state index >= 15 is 0 Å². The van der Waals surface area contributed by atoms with Crippen LogP contribution in [0.4, 0.5) is 0 Å². The minimum Gasteiger partial charge on any atom is -0.280 e. The van der Waals surface area contributed by atoms with Crippen LogP contribution in [0.15, 0.2) is 24.4 Å². The zero-order chi connectivity index (χ0) is 12.7. The molecule has 0 fully saturated rings. The Morgan fingerprint density at radius 3 is 2.78 bits per heavy atom. The highest BCUT2D eigenvalue weighted by Crippen LogP contribution is 2.29. The molecule has 0 unspecified atom stereocenters. The van der Waals surface area contributed by atoms with Gasteiger partial charge in [-0.2, -0.15) is 5.26 Å². The molecule has 0 amide bonds. The number of thiophene rings is 1. The Balaban J connectivity index is 2.26. The number of aromatic nitrogens is 3. The van der Waals surface area contributed by atoms with Gasteiger partial charge in [-0.15, -0.1) is 21.5 Å². The number of hydrogen-bond donors (Lipinski definition) is 0. The van der Waals surface area contributed by atoms with Crippen LogP contribution in [0, 0.1) is 25.2 Å². The normalized spacial score (nSPS) is 10.7. The predicted molar refractivity (Wildman–Crippen MR) is 70.5 cm³/mol. The van der Waals surface area contributed by atoms with E-state index in [1.165, 1.54) is 10.4 Å². The van der Waals surface area contributed by atoms with Crippen molar-refractivity contribution in [1.29, 1.82) is 5.26 Å². The minimum absolute atomic E-state index is 0.605. The Hall–Kier alpha value is -2.19. The molecule has 0 aliphatic carbocycles. The van der Waals surface area contributed by atoms with Gasteiger partial charge in [0.2, 0.25) is 0 Å². The molecule has 3 rings (SSSR count). The fraction of sp³-hybridized carbons (Fsp3) is 0.154. The molecule has 3 heterocycles. The van der Waals surface area contributed by atoms with E-state index in [0.717, 1.165) is 16.3 Å². The summed E-state index contributed by atoms with van der Waals surface area (Å²) < 4.78 is 1.86. The molecule has 0 radical (unpaired) electrons. The van der Waals surface area contributed by atoms with E-state index < -0.39 is 0 Å². The topological polar surface area (TPSA) is 54.0 Å². The summed E-state index contributed by atoms with van der Waals surface area (Å²) in [6.45, 7) is 4.17. The van der Waals surface area contributed by atoms with Crippen molar-refractivity contribution in [3.05, 3.63) is 40.4 Å². The van der Waals surface area contributed by atoms with E-state index in [1.807, 2.05) is 10.5 Å². The van der Waals surface area contributed by atoms with E-state index in [0.29, 0.717) is 5.56 Å². The molecule has 88 valence electrons. The molecular formula is C13H10N4S. The summed E-state index contributed by atoms with van der Waals surface area (Å²) in [5.74, 6) is 0.795. The Morgan fingerprint density at radius 2 is 2.11 bits per heavy atom. The highest BCUT2D eigenvalue weighted by atomic mass is 32.1. The lowest BCUT2D eigenvalue weighted by atomic mass is 10.3. The van der Waals surface area contributed by atoms with Gasteiger partial charge in [-0.05, 0) is 37.6 Å². The van der Waals surface area contributed by atoms with Crippen molar-refractivity contribution >= 4 is 17.0 Å². The first-order valence-electron chi connectivity index (χ1n) is 5.51. The van der Waals surface area contributed by atoms with Crippen LogP contribution in [0.3, 0.4) is 0 Å². The number of aryl methyl sites for hydroxylation is 2. The Morgan fingerprint density at radius 1 is 1.28 bits per heavy atom. The highest BCUT2D eigenvalue weighted by molar-refractivity contribution is 7.15. The first kappa shape index (κ1) is 10.9. The summed E-state index contributed by atoms with van der Waals surface area (Å²) in [4.78, 5) is 2.35. The number of rotatable bonds is 1. The fourth-order valence-electron chi connectivity index (χ4n) is 1.81. The second-order valence-electron chi connectivity index (χ2n) is 4.13. The molecule has 3 aromatic rings. The number of pyridine rings is 1. The van der Waals surface area contributed by atoms with Crippen LogP contribution in [0.2, 0.25) is 0 Å². The minimum atomic E-state index is 0.605. The highest BCUT2D eigenvalue weighted by Gasteiger charge is 2.11. The maximum absolute atomic E-state index is 8.94. The van der Waals surface area contributed by atoms with Crippen molar-refractivity contribution in [1.82, 2.24) is 14.6 Å². The molecule has 3 aromatic heterocycles. The van der Waals surface area contributed by atoms with E-state index in [2.05, 4.69) is 36.2 Å². The van der Waals surface area contributed by atoms with Gasteiger partial charge < -0.3 is 0 Å². The average Bonchev–Trinajstić information content (AvgIpc) is 2.93. The molecule has 0 aliphatic heterocycles. The summed E-state index contributed by atoms with van der Waals surface area (Å²) >= 11 is 1.69. The van der Waals surface area contributed by atoms with Gasteiger partial charge in [-0.3, -0.25) is 4.40 Å². The Labute approximate surface area is 108 Å². The molecule has 0 bridgehead atoms. The Kier molecular flexibility index (Phi) is 2.39. The molecule has 0 saturated heterocycles. The van der Waals surface area contributed by atoms with Gasteiger partial charge in [0, 0.05) is 11.1 Å². The lowest BCUT2D eigenvalue weighted by Crippen LogP contribution is -1.89. The van der Waals surface area contributed by atoms with Gasteiger partial charge in [0.1, 0.15) is 6.07 Å². The van der Waals surface area contributed by atoms with Crippen LogP contribution >= 0.6 is 11.3 Å². The Bertz CT molecular complexity index is 756. The van der Waals surface area contributed by atoms with Crippen molar-refractivity contribution < 1.29 is 0 Å². The largest absolute Gasteiger partial charge is 0.280 e. The van der Waals surface area contributed by atoms with E-state index in [4.69, 9.17) is 5.26 Å². The van der Waals surface area contributed by atoms with E-state index in [-0.39, 0.29) is 0 Å². The number of hydrogen-bond acceptors (Lipinski definition) is 4. The van der Waals surface area contributed by atoms with Crippen molar-refractivity contribution in [2.75, 3.05) is 0 Å². The van der Waals surface area contributed by atoms with Crippen molar-refractivity contribution in [3.63, 3.8) is 0 Å². The lowest BCUT2D eigenvalue weighted by Gasteiger charge is -1.96. The first-order valence-corrected chi connectivity index (χ1v) is 6.33. The third-order valence-corrected chi connectivity index (χ3v) is 4.07. The second kappa shape index (κ2) is 3.93. The molecule has 0 N–H and O–H groups in total. The first-order chi connectivity index (χ1) is 8.69. The number of nitriles is 1. The maximum atomic E-state index is 8.94. The molecule has 5 heteroatoms. The summed E-state index contributed by atoms with van der Waals surface area (Å²) in [5.41, 5.74) is 2.62. The molecule has 0 spiro atoms. The summed E-state index contributed by atoms with van der Waals surface area (Å²) in [7, 11) is 0. The quantitative estimate of drug-likeness (QED) is 0.671. The van der Waals surface area contributed by atoms with Gasteiger partial charge in [0.05, 0.1) is 10.4 Å². The van der Waals surface area contributed by atoms with Gasteiger partial charge >= 0.3 is 0 Å². The van der Waals surface area contributed by atoms with E-state index in [9.17, 15) is 0 Å². The summed E-state index contributed by atoms with van der Waals surface area (Å²) in [6, 6.07) is 7.79. The van der Waals surface area contributed by atoms with Crippen LogP contribution in [0.5, 0.6) is 0 Å². The second-order valence-corrected chi connectivity index (χ2v) is 5.39. The molecule has 0 atom stereocenters. The van der Waals surface area contributed by atoms with Crippen molar-refractivity contribution in [2.24, 2.45) is 0 Å².